The summed E-state index contributed by atoms with van der Waals surface area (Å²) in [5, 5.41) is 13.1. The van der Waals surface area contributed by atoms with Gasteiger partial charge in [0.2, 0.25) is 21.8 Å². The molecule has 0 aromatic heterocycles. The number of aliphatic carboxylic acids is 1. The molecule has 0 spiro atoms. The summed E-state index contributed by atoms with van der Waals surface area (Å²) in [7, 11) is -3.74. The highest BCUT2D eigenvalue weighted by molar-refractivity contribution is 7.88. The lowest BCUT2D eigenvalue weighted by molar-refractivity contribution is -0.176. The molecule has 3 atom stereocenters. The third-order valence-electron chi connectivity index (χ3n) is 4.41. The molecule has 0 saturated carbocycles. The highest BCUT2D eigenvalue weighted by Crippen LogP contribution is 2.25. The SMILES string of the molecule is CS(=O)(=O)NC1CCC(=O)N2CCC[C@@H](C(=O)N[C@H](C=O)CC(=O)O)N2C1=O. The molecule has 0 aromatic carbocycles. The Kier molecular flexibility index (Phi) is 6.72. The molecule has 1 unspecified atom stereocenters. The molecule has 12 nitrogen and oxygen atoms in total. The van der Waals surface area contributed by atoms with Crippen LogP contribution in [0.5, 0.6) is 0 Å². The van der Waals surface area contributed by atoms with Crippen molar-refractivity contribution in [3.8, 4) is 0 Å². The molecule has 13 heteroatoms. The smallest absolute Gasteiger partial charge is 0.305 e. The van der Waals surface area contributed by atoms with Crippen LogP contribution < -0.4 is 10.0 Å². The molecule has 2 heterocycles. The maximum atomic E-state index is 12.9. The molecular weight excluding hydrogens is 396 g/mol. The van der Waals surface area contributed by atoms with E-state index in [0.29, 0.717) is 6.42 Å². The van der Waals surface area contributed by atoms with Gasteiger partial charge < -0.3 is 15.2 Å². The van der Waals surface area contributed by atoms with Gasteiger partial charge in [0, 0.05) is 13.0 Å². The van der Waals surface area contributed by atoms with Gasteiger partial charge in [-0.3, -0.25) is 24.2 Å². The zero-order valence-corrected chi connectivity index (χ0v) is 16.0. The summed E-state index contributed by atoms with van der Waals surface area (Å²) in [6.45, 7) is 0.187. The number of carboxylic acids is 1. The van der Waals surface area contributed by atoms with Crippen LogP contribution in [-0.2, 0) is 34.0 Å². The first-order valence-electron chi connectivity index (χ1n) is 8.61. The van der Waals surface area contributed by atoms with Crippen LogP contribution in [0.4, 0.5) is 0 Å². The van der Waals surface area contributed by atoms with Crippen molar-refractivity contribution in [2.24, 2.45) is 0 Å². The van der Waals surface area contributed by atoms with Crippen molar-refractivity contribution in [1.82, 2.24) is 20.1 Å². The standard InChI is InChI=1S/C15H22N4O8S/c1-28(26,27)17-10-4-5-12(21)18-6-2-3-11(19(18)15(10)25)14(24)16-9(8-20)7-13(22)23/h8-11,17H,2-7H2,1H3,(H,16,24)(H,22,23)/t9-,10?,11-/m0/s1. The van der Waals surface area contributed by atoms with Crippen molar-refractivity contribution in [3.63, 3.8) is 0 Å². The van der Waals surface area contributed by atoms with Crippen molar-refractivity contribution >= 4 is 40.0 Å². The van der Waals surface area contributed by atoms with Crippen molar-refractivity contribution in [2.45, 2.75) is 50.2 Å². The Balaban J connectivity index is 2.28. The minimum absolute atomic E-state index is 0.0535. The lowest BCUT2D eigenvalue weighted by Gasteiger charge is -2.43. The summed E-state index contributed by atoms with van der Waals surface area (Å²) in [5.74, 6) is -3.26. The van der Waals surface area contributed by atoms with Crippen molar-refractivity contribution < 1.29 is 37.5 Å². The highest BCUT2D eigenvalue weighted by Gasteiger charge is 2.45. The van der Waals surface area contributed by atoms with Gasteiger partial charge in [-0.25, -0.2) is 18.1 Å². The van der Waals surface area contributed by atoms with Gasteiger partial charge in [-0.05, 0) is 19.3 Å². The number of sulfonamides is 1. The van der Waals surface area contributed by atoms with Gasteiger partial charge in [0.1, 0.15) is 18.4 Å². The molecular formula is C15H22N4O8S. The predicted octanol–water partition coefficient (Wildman–Crippen LogP) is -2.41. The molecule has 0 bridgehead atoms. The van der Waals surface area contributed by atoms with Crippen LogP contribution in [0.1, 0.15) is 32.1 Å². The number of hydrazine groups is 1. The number of carbonyl (C=O) groups is 5. The van der Waals surface area contributed by atoms with Crippen LogP contribution in [0.15, 0.2) is 0 Å². The van der Waals surface area contributed by atoms with Crippen LogP contribution >= 0.6 is 0 Å². The van der Waals surface area contributed by atoms with Crippen molar-refractivity contribution in [2.75, 3.05) is 12.8 Å². The van der Waals surface area contributed by atoms with Gasteiger partial charge in [-0.15, -0.1) is 0 Å². The Hall–Kier alpha value is -2.54. The first-order chi connectivity index (χ1) is 13.0. The number of fused-ring (bicyclic) bond motifs is 1. The quantitative estimate of drug-likeness (QED) is 0.384. The molecule has 2 fully saturated rings. The minimum atomic E-state index is -3.74. The fourth-order valence-electron chi connectivity index (χ4n) is 3.24. The second kappa shape index (κ2) is 8.65. The van der Waals surface area contributed by atoms with Gasteiger partial charge >= 0.3 is 5.97 Å². The second-order valence-corrected chi connectivity index (χ2v) is 8.47. The molecule has 0 aliphatic carbocycles. The average molecular weight is 418 g/mol. The van der Waals surface area contributed by atoms with Crippen LogP contribution in [0.2, 0.25) is 0 Å². The fraction of sp³-hybridized carbons (Fsp3) is 0.667. The topological polar surface area (TPSA) is 170 Å². The summed E-state index contributed by atoms with van der Waals surface area (Å²) in [6, 6.07) is -3.66. The van der Waals surface area contributed by atoms with Crippen LogP contribution in [0, 0.1) is 0 Å². The van der Waals surface area contributed by atoms with Crippen molar-refractivity contribution in [1.29, 1.82) is 0 Å². The van der Waals surface area contributed by atoms with Crippen LogP contribution in [-0.4, -0.2) is 84.4 Å². The second-order valence-electron chi connectivity index (χ2n) is 6.69. The van der Waals surface area contributed by atoms with Gasteiger partial charge in [0.05, 0.1) is 18.7 Å². The highest BCUT2D eigenvalue weighted by atomic mass is 32.2. The Morgan fingerprint density at radius 3 is 2.57 bits per heavy atom. The maximum Gasteiger partial charge on any atom is 0.305 e. The number of amides is 3. The van der Waals surface area contributed by atoms with E-state index in [1.54, 1.807) is 0 Å². The Morgan fingerprint density at radius 1 is 1.32 bits per heavy atom. The fourth-order valence-corrected chi connectivity index (χ4v) is 3.98. The molecule has 3 N–H and O–H groups in total. The van der Waals surface area contributed by atoms with E-state index in [-0.39, 0.29) is 32.1 Å². The van der Waals surface area contributed by atoms with E-state index in [4.69, 9.17) is 5.11 Å². The summed E-state index contributed by atoms with van der Waals surface area (Å²) < 4.78 is 25.3. The van der Waals surface area contributed by atoms with Crippen LogP contribution in [0.25, 0.3) is 0 Å². The van der Waals surface area contributed by atoms with E-state index in [1.165, 1.54) is 0 Å². The molecule has 156 valence electrons. The summed E-state index contributed by atoms with van der Waals surface area (Å²) in [5.41, 5.74) is 0. The Bertz CT molecular complexity index is 783. The number of carbonyl (C=O) groups excluding carboxylic acids is 4. The van der Waals surface area contributed by atoms with E-state index in [2.05, 4.69) is 10.0 Å². The van der Waals surface area contributed by atoms with Gasteiger partial charge in [0.25, 0.3) is 5.91 Å². The molecule has 2 aliphatic rings. The van der Waals surface area contributed by atoms with Gasteiger partial charge in [-0.1, -0.05) is 0 Å². The average Bonchev–Trinajstić information content (AvgIpc) is 2.71. The predicted molar refractivity (Wildman–Crippen MR) is 92.8 cm³/mol. The van der Waals surface area contributed by atoms with E-state index in [1.807, 2.05) is 0 Å². The van der Waals surface area contributed by atoms with Crippen LogP contribution in [0.3, 0.4) is 0 Å². The molecule has 28 heavy (non-hydrogen) atoms. The first kappa shape index (κ1) is 21.8. The third-order valence-corrected chi connectivity index (χ3v) is 5.12. The van der Waals surface area contributed by atoms with E-state index >= 15 is 0 Å². The van der Waals surface area contributed by atoms with Crippen molar-refractivity contribution in [3.05, 3.63) is 0 Å². The van der Waals surface area contributed by atoms with E-state index < -0.39 is 58.3 Å². The maximum absolute atomic E-state index is 12.9. The summed E-state index contributed by atoms with van der Waals surface area (Å²) >= 11 is 0. The number of hydrogen-bond donors (Lipinski definition) is 3. The zero-order chi connectivity index (χ0) is 21.1. The van der Waals surface area contributed by atoms with E-state index in [0.717, 1.165) is 16.3 Å². The monoisotopic (exact) mass is 418 g/mol. The molecule has 2 aliphatic heterocycles. The molecule has 3 amide bonds. The van der Waals surface area contributed by atoms with Gasteiger partial charge in [0.15, 0.2) is 0 Å². The lowest BCUT2D eigenvalue weighted by Crippen LogP contribution is -2.64. The Morgan fingerprint density at radius 2 is 2.00 bits per heavy atom. The Labute approximate surface area is 161 Å². The zero-order valence-electron chi connectivity index (χ0n) is 15.2. The number of nitrogens with one attached hydrogen (secondary N) is 2. The third kappa shape index (κ3) is 5.25. The largest absolute Gasteiger partial charge is 0.481 e. The number of rotatable bonds is 7. The number of hydrogen-bond acceptors (Lipinski definition) is 7. The molecule has 0 aromatic rings. The van der Waals surface area contributed by atoms with Gasteiger partial charge in [-0.2, -0.15) is 0 Å². The normalized spacial score (nSPS) is 24.2. The summed E-state index contributed by atoms with van der Waals surface area (Å²) in [4.78, 5) is 59.7. The number of nitrogens with zero attached hydrogens (tertiary/aromatic N) is 2. The minimum Gasteiger partial charge on any atom is -0.481 e. The van der Waals surface area contributed by atoms with E-state index in [9.17, 15) is 32.4 Å². The number of carboxylic acid groups (broad SMARTS) is 1. The molecule has 0 radical (unpaired) electrons. The number of aldehydes is 1. The first-order valence-corrected chi connectivity index (χ1v) is 10.5. The summed E-state index contributed by atoms with van der Waals surface area (Å²) in [6.07, 6.45) is 0.967. The lowest BCUT2D eigenvalue weighted by atomic mass is 10.1. The molecule has 2 saturated heterocycles. The molecule has 2 rings (SSSR count).